The molecule has 2 aromatic carbocycles. The molecule has 0 saturated carbocycles. The topological polar surface area (TPSA) is 52.7 Å². The molecule has 2 amide bonds. The van der Waals surface area contributed by atoms with Gasteiger partial charge < -0.3 is 10.2 Å². The normalized spacial score (nSPS) is 10.8. The van der Waals surface area contributed by atoms with Crippen molar-refractivity contribution in [1.82, 2.24) is 4.90 Å². The molecule has 150 valence electrons. The van der Waals surface area contributed by atoms with Crippen molar-refractivity contribution in [1.29, 1.82) is 0 Å². The van der Waals surface area contributed by atoms with Gasteiger partial charge in [0.15, 0.2) is 0 Å². The van der Waals surface area contributed by atoms with Crippen LogP contribution in [0.1, 0.15) is 23.6 Å². The predicted octanol–water partition coefficient (Wildman–Crippen LogP) is 3.67. The molecule has 2 aromatic rings. The summed E-state index contributed by atoms with van der Waals surface area (Å²) in [5.74, 6) is -0.662. The molecule has 0 unspecified atom stereocenters. The largest absolute Gasteiger partial charge is 0.324 e. The van der Waals surface area contributed by atoms with Crippen molar-refractivity contribution in [2.24, 2.45) is 0 Å². The van der Waals surface area contributed by atoms with E-state index in [1.54, 1.807) is 29.0 Å². The third-order valence-corrected chi connectivity index (χ3v) is 4.52. The Balaban J connectivity index is 1.97. The van der Waals surface area contributed by atoms with Gasteiger partial charge in [-0.05, 0) is 70.1 Å². The third-order valence-electron chi connectivity index (χ3n) is 4.52. The minimum absolute atomic E-state index is 0.0878. The molecule has 0 aliphatic carbocycles. The van der Waals surface area contributed by atoms with E-state index in [0.717, 1.165) is 22.4 Å². The number of carbonyl (C=O) groups excluding carboxylic acids is 2. The van der Waals surface area contributed by atoms with E-state index >= 15 is 0 Å². The Morgan fingerprint density at radius 3 is 2.11 bits per heavy atom. The first-order valence-corrected chi connectivity index (χ1v) is 9.33. The van der Waals surface area contributed by atoms with Crippen LogP contribution in [0.5, 0.6) is 0 Å². The van der Waals surface area contributed by atoms with Crippen molar-refractivity contribution in [2.75, 3.05) is 36.9 Å². The van der Waals surface area contributed by atoms with Crippen molar-refractivity contribution in [3.63, 3.8) is 0 Å². The lowest BCUT2D eigenvalue weighted by Gasteiger charge is -2.24. The van der Waals surface area contributed by atoms with Gasteiger partial charge in [0, 0.05) is 17.9 Å². The molecule has 5 nitrogen and oxygen atoms in total. The van der Waals surface area contributed by atoms with E-state index in [-0.39, 0.29) is 30.7 Å². The van der Waals surface area contributed by atoms with E-state index in [1.165, 1.54) is 12.1 Å². The Labute approximate surface area is 166 Å². The van der Waals surface area contributed by atoms with Gasteiger partial charge in [-0.2, -0.15) is 0 Å². The molecule has 0 aromatic heterocycles. The predicted molar refractivity (Wildman–Crippen MR) is 111 cm³/mol. The van der Waals surface area contributed by atoms with Crippen LogP contribution >= 0.6 is 0 Å². The van der Waals surface area contributed by atoms with E-state index in [9.17, 15) is 14.0 Å². The number of anilines is 2. The summed E-state index contributed by atoms with van der Waals surface area (Å²) in [7, 11) is 1.73. The van der Waals surface area contributed by atoms with Crippen LogP contribution in [-0.2, 0) is 9.59 Å². The van der Waals surface area contributed by atoms with E-state index < -0.39 is 0 Å². The number of amides is 2. The van der Waals surface area contributed by atoms with E-state index in [0.29, 0.717) is 12.2 Å². The highest BCUT2D eigenvalue weighted by molar-refractivity contribution is 5.96. The Bertz CT molecular complexity index is 826. The monoisotopic (exact) mass is 385 g/mol. The molecule has 2 rings (SSSR count). The summed E-state index contributed by atoms with van der Waals surface area (Å²) in [6.07, 6.45) is 0. The lowest BCUT2D eigenvalue weighted by Crippen LogP contribution is -2.41. The molecule has 0 fully saturated rings. The molecule has 0 spiro atoms. The molecule has 1 N–H and O–H groups in total. The molecule has 28 heavy (non-hydrogen) atoms. The van der Waals surface area contributed by atoms with Gasteiger partial charge in [0.1, 0.15) is 5.82 Å². The molecular formula is C22H28FN3O2. The summed E-state index contributed by atoms with van der Waals surface area (Å²) in [6.45, 7) is 8.45. The zero-order chi connectivity index (χ0) is 20.8. The number of aryl methyl sites for hydroxylation is 3. The molecule has 0 bridgehead atoms. The quantitative estimate of drug-likeness (QED) is 0.791. The number of hydrogen-bond acceptors (Lipinski definition) is 3. The number of benzene rings is 2. The number of hydrogen-bond donors (Lipinski definition) is 1. The van der Waals surface area contributed by atoms with Crippen molar-refractivity contribution in [2.45, 2.75) is 27.7 Å². The van der Waals surface area contributed by atoms with Crippen LogP contribution in [0, 0.1) is 26.6 Å². The van der Waals surface area contributed by atoms with Gasteiger partial charge in [0.25, 0.3) is 0 Å². The highest BCUT2D eigenvalue weighted by Gasteiger charge is 2.18. The summed E-state index contributed by atoms with van der Waals surface area (Å²) in [5, 5.41) is 2.94. The van der Waals surface area contributed by atoms with Gasteiger partial charge in [0.05, 0.1) is 13.1 Å². The Morgan fingerprint density at radius 1 is 1.00 bits per heavy atom. The Kier molecular flexibility index (Phi) is 7.29. The number of likely N-dealkylation sites (N-methyl/N-ethyl adjacent to an activating group) is 2. The second kappa shape index (κ2) is 9.46. The highest BCUT2D eigenvalue weighted by atomic mass is 19.1. The molecule has 0 heterocycles. The number of nitrogens with zero attached hydrogens (tertiary/aromatic N) is 2. The van der Waals surface area contributed by atoms with Gasteiger partial charge in [-0.15, -0.1) is 0 Å². The Hall–Kier alpha value is -2.73. The van der Waals surface area contributed by atoms with Crippen LogP contribution < -0.4 is 10.2 Å². The molecule has 0 atom stereocenters. The van der Waals surface area contributed by atoms with Crippen molar-refractivity contribution in [3.8, 4) is 0 Å². The van der Waals surface area contributed by atoms with Gasteiger partial charge in [-0.3, -0.25) is 14.5 Å². The van der Waals surface area contributed by atoms with Crippen LogP contribution in [0.3, 0.4) is 0 Å². The fourth-order valence-corrected chi connectivity index (χ4v) is 3.30. The van der Waals surface area contributed by atoms with E-state index in [4.69, 9.17) is 0 Å². The first kappa shape index (κ1) is 21.6. The number of carbonyl (C=O) groups is 2. The average Bonchev–Trinajstić information content (AvgIpc) is 2.60. The van der Waals surface area contributed by atoms with Crippen molar-refractivity contribution >= 4 is 23.2 Å². The zero-order valence-corrected chi connectivity index (χ0v) is 17.2. The van der Waals surface area contributed by atoms with Gasteiger partial charge >= 0.3 is 0 Å². The second-order valence-corrected chi connectivity index (χ2v) is 7.11. The summed E-state index contributed by atoms with van der Waals surface area (Å²) in [6, 6.07) is 9.86. The molecule has 0 saturated heterocycles. The maximum atomic E-state index is 13.1. The lowest BCUT2D eigenvalue weighted by molar-refractivity contribution is -0.121. The first-order valence-electron chi connectivity index (χ1n) is 9.33. The molecule has 0 aliphatic rings. The molecule has 0 radical (unpaired) electrons. The van der Waals surface area contributed by atoms with Crippen LogP contribution in [0.15, 0.2) is 36.4 Å². The number of nitrogens with one attached hydrogen (secondary N) is 1. The minimum atomic E-state index is -0.345. The standard InChI is InChI=1S/C22H28FN3O2/c1-6-26(19-9-7-18(23)8-10-19)21(28)14-25(5)13-20(27)24-22-16(3)11-15(2)12-17(22)4/h7-12H,6,13-14H2,1-5H3,(H,24,27). The van der Waals surface area contributed by atoms with Gasteiger partial charge in [0.2, 0.25) is 11.8 Å². The molecule has 0 aliphatic heterocycles. The zero-order valence-electron chi connectivity index (χ0n) is 17.2. The fraction of sp³-hybridized carbons (Fsp3) is 0.364. The highest BCUT2D eigenvalue weighted by Crippen LogP contribution is 2.22. The third kappa shape index (κ3) is 5.63. The summed E-state index contributed by atoms with van der Waals surface area (Å²) in [4.78, 5) is 28.3. The average molecular weight is 385 g/mol. The fourth-order valence-electron chi connectivity index (χ4n) is 3.30. The van der Waals surface area contributed by atoms with Crippen LogP contribution in [0.25, 0.3) is 0 Å². The van der Waals surface area contributed by atoms with E-state index in [2.05, 4.69) is 5.32 Å². The maximum Gasteiger partial charge on any atom is 0.241 e. The van der Waals surface area contributed by atoms with E-state index in [1.807, 2.05) is 39.8 Å². The number of halogens is 1. The van der Waals surface area contributed by atoms with Crippen molar-refractivity contribution < 1.29 is 14.0 Å². The number of rotatable bonds is 7. The van der Waals surface area contributed by atoms with Crippen LogP contribution in [0.4, 0.5) is 15.8 Å². The van der Waals surface area contributed by atoms with Gasteiger partial charge in [-0.1, -0.05) is 17.7 Å². The maximum absolute atomic E-state index is 13.1. The summed E-state index contributed by atoms with van der Waals surface area (Å²) < 4.78 is 13.1. The molecule has 6 heteroatoms. The SMILES string of the molecule is CCN(C(=O)CN(C)CC(=O)Nc1c(C)cc(C)cc1C)c1ccc(F)cc1. The summed E-state index contributed by atoms with van der Waals surface area (Å²) >= 11 is 0. The van der Waals surface area contributed by atoms with Crippen molar-refractivity contribution in [3.05, 3.63) is 58.9 Å². The summed E-state index contributed by atoms with van der Waals surface area (Å²) in [5.41, 5.74) is 4.63. The van der Waals surface area contributed by atoms with Crippen LogP contribution in [0.2, 0.25) is 0 Å². The second-order valence-electron chi connectivity index (χ2n) is 7.11. The smallest absolute Gasteiger partial charge is 0.241 e. The Morgan fingerprint density at radius 2 is 1.57 bits per heavy atom. The first-order chi connectivity index (χ1) is 13.2. The van der Waals surface area contributed by atoms with Crippen LogP contribution in [-0.4, -0.2) is 43.4 Å². The lowest BCUT2D eigenvalue weighted by atomic mass is 10.1. The van der Waals surface area contributed by atoms with Gasteiger partial charge in [-0.25, -0.2) is 4.39 Å². The minimum Gasteiger partial charge on any atom is -0.324 e. The molecular weight excluding hydrogens is 357 g/mol.